The molecule has 0 radical (unpaired) electrons. The standard InChI is InChI=1S/C12H17BrN4O3S/c1-14-12-10(5-8(13)6-15-12)21(19,20)16-9-3-4-11(18)17(2)7-9/h5-6,9,16H,3-4,7H2,1-2H3,(H,14,15). The van der Waals surface area contributed by atoms with Crippen LogP contribution in [-0.4, -0.2) is 50.9 Å². The van der Waals surface area contributed by atoms with Crippen LogP contribution in [0.15, 0.2) is 21.6 Å². The molecule has 116 valence electrons. The molecule has 1 atom stereocenters. The number of rotatable bonds is 4. The minimum atomic E-state index is -3.71. The average Bonchev–Trinajstić information content (AvgIpc) is 2.42. The van der Waals surface area contributed by atoms with Gasteiger partial charge in [0.05, 0.1) is 0 Å². The third kappa shape index (κ3) is 3.72. The molecule has 0 bridgehead atoms. The molecular formula is C12H17BrN4O3S. The summed E-state index contributed by atoms with van der Waals surface area (Å²) in [5.74, 6) is 0.316. The molecule has 7 nitrogen and oxygen atoms in total. The van der Waals surface area contributed by atoms with E-state index < -0.39 is 10.0 Å². The van der Waals surface area contributed by atoms with Crippen molar-refractivity contribution in [1.29, 1.82) is 0 Å². The number of piperidine rings is 1. The van der Waals surface area contributed by atoms with Crippen molar-refractivity contribution in [3.8, 4) is 0 Å². The molecule has 1 aliphatic rings. The van der Waals surface area contributed by atoms with Crippen LogP contribution < -0.4 is 10.0 Å². The lowest BCUT2D eigenvalue weighted by Gasteiger charge is -2.30. The molecule has 0 aromatic carbocycles. The third-order valence-electron chi connectivity index (χ3n) is 3.29. The van der Waals surface area contributed by atoms with Crippen molar-refractivity contribution in [2.24, 2.45) is 0 Å². The van der Waals surface area contributed by atoms with E-state index in [4.69, 9.17) is 0 Å². The Balaban J connectivity index is 2.23. The number of hydrogen-bond acceptors (Lipinski definition) is 5. The molecule has 0 spiro atoms. The number of carbonyl (C=O) groups is 1. The van der Waals surface area contributed by atoms with E-state index in [0.717, 1.165) is 0 Å². The van der Waals surface area contributed by atoms with Gasteiger partial charge in [0.25, 0.3) is 0 Å². The van der Waals surface area contributed by atoms with Crippen LogP contribution in [0.2, 0.25) is 0 Å². The number of carbonyl (C=O) groups excluding carboxylic acids is 1. The van der Waals surface area contributed by atoms with E-state index in [1.54, 1.807) is 14.1 Å². The van der Waals surface area contributed by atoms with Crippen LogP contribution in [0.3, 0.4) is 0 Å². The van der Waals surface area contributed by atoms with Gasteiger partial charge in [-0.05, 0) is 28.4 Å². The second-order valence-electron chi connectivity index (χ2n) is 4.88. The number of anilines is 1. The van der Waals surface area contributed by atoms with E-state index in [1.807, 2.05) is 0 Å². The molecule has 1 unspecified atom stereocenters. The number of nitrogens with zero attached hydrogens (tertiary/aromatic N) is 2. The highest BCUT2D eigenvalue weighted by molar-refractivity contribution is 9.10. The van der Waals surface area contributed by atoms with Gasteiger partial charge in [-0.15, -0.1) is 0 Å². The molecule has 1 amide bonds. The minimum absolute atomic E-state index is 0.0329. The van der Waals surface area contributed by atoms with E-state index in [0.29, 0.717) is 23.9 Å². The average molecular weight is 377 g/mol. The van der Waals surface area contributed by atoms with Crippen molar-refractivity contribution in [3.05, 3.63) is 16.7 Å². The van der Waals surface area contributed by atoms with Gasteiger partial charge >= 0.3 is 0 Å². The number of amides is 1. The zero-order valence-corrected chi connectivity index (χ0v) is 14.2. The first-order valence-corrected chi connectivity index (χ1v) is 8.70. The summed E-state index contributed by atoms with van der Waals surface area (Å²) in [6.45, 7) is 0.369. The molecule has 2 rings (SSSR count). The number of nitrogens with one attached hydrogen (secondary N) is 2. The first kappa shape index (κ1) is 16.2. The highest BCUT2D eigenvalue weighted by atomic mass is 79.9. The van der Waals surface area contributed by atoms with Gasteiger partial charge in [0.15, 0.2) is 0 Å². The largest absolute Gasteiger partial charge is 0.372 e. The van der Waals surface area contributed by atoms with E-state index in [-0.39, 0.29) is 22.7 Å². The van der Waals surface area contributed by atoms with Crippen LogP contribution >= 0.6 is 15.9 Å². The smallest absolute Gasteiger partial charge is 0.244 e. The van der Waals surface area contributed by atoms with Crippen LogP contribution in [0.1, 0.15) is 12.8 Å². The Hall–Kier alpha value is -1.19. The number of aromatic nitrogens is 1. The summed E-state index contributed by atoms with van der Waals surface area (Å²) < 4.78 is 28.2. The van der Waals surface area contributed by atoms with Gasteiger partial charge in [0, 0.05) is 43.8 Å². The lowest BCUT2D eigenvalue weighted by molar-refractivity contribution is -0.132. The Morgan fingerprint density at radius 3 is 2.81 bits per heavy atom. The number of halogens is 1. The second-order valence-corrected chi connectivity index (χ2v) is 7.48. The van der Waals surface area contributed by atoms with E-state index >= 15 is 0 Å². The molecule has 9 heteroatoms. The molecule has 1 saturated heterocycles. The maximum absolute atomic E-state index is 12.5. The zero-order valence-electron chi connectivity index (χ0n) is 11.8. The normalized spacial score (nSPS) is 19.7. The van der Waals surface area contributed by atoms with Crippen molar-refractivity contribution in [2.75, 3.05) is 26.0 Å². The lowest BCUT2D eigenvalue weighted by Crippen LogP contribution is -2.48. The maximum atomic E-state index is 12.5. The fourth-order valence-electron chi connectivity index (χ4n) is 2.20. The van der Waals surface area contributed by atoms with Crippen molar-refractivity contribution in [3.63, 3.8) is 0 Å². The number of hydrogen-bond donors (Lipinski definition) is 2. The molecule has 2 N–H and O–H groups in total. The summed E-state index contributed by atoms with van der Waals surface area (Å²) in [6.07, 6.45) is 2.37. The Kier molecular flexibility index (Phi) is 4.84. The zero-order chi connectivity index (χ0) is 15.6. The molecule has 1 aromatic rings. The summed E-state index contributed by atoms with van der Waals surface area (Å²) in [5.41, 5.74) is 0. The monoisotopic (exact) mass is 376 g/mol. The van der Waals surface area contributed by atoms with Crippen LogP contribution in [0.5, 0.6) is 0 Å². The summed E-state index contributed by atoms with van der Waals surface area (Å²) in [7, 11) is -0.427. The molecule has 0 saturated carbocycles. The van der Waals surface area contributed by atoms with Crippen molar-refractivity contribution >= 4 is 37.7 Å². The first-order valence-electron chi connectivity index (χ1n) is 6.43. The second kappa shape index (κ2) is 6.29. The first-order chi connectivity index (χ1) is 9.83. The van der Waals surface area contributed by atoms with Gasteiger partial charge in [0.1, 0.15) is 10.7 Å². The molecule has 21 heavy (non-hydrogen) atoms. The Bertz CT molecular complexity index is 650. The van der Waals surface area contributed by atoms with Gasteiger partial charge in [-0.25, -0.2) is 18.1 Å². The summed E-state index contributed by atoms with van der Waals surface area (Å²) in [4.78, 5) is 17.1. The number of pyridine rings is 1. The molecule has 1 aromatic heterocycles. The Morgan fingerprint density at radius 1 is 1.48 bits per heavy atom. The third-order valence-corrected chi connectivity index (χ3v) is 5.26. The van der Waals surface area contributed by atoms with Crippen molar-refractivity contribution < 1.29 is 13.2 Å². The van der Waals surface area contributed by atoms with Crippen molar-refractivity contribution in [1.82, 2.24) is 14.6 Å². The number of likely N-dealkylation sites (N-methyl/N-ethyl adjacent to an activating group) is 1. The maximum Gasteiger partial charge on any atom is 0.244 e. The SMILES string of the molecule is CNc1ncc(Br)cc1S(=O)(=O)NC1CCC(=O)N(C)C1. The summed E-state index contributed by atoms with van der Waals surface area (Å²) in [5, 5.41) is 2.77. The topological polar surface area (TPSA) is 91.4 Å². The molecular weight excluding hydrogens is 360 g/mol. The molecule has 2 heterocycles. The van der Waals surface area contributed by atoms with Crippen LogP contribution in [0.25, 0.3) is 0 Å². The quantitative estimate of drug-likeness (QED) is 0.810. The van der Waals surface area contributed by atoms with Gasteiger partial charge in [0.2, 0.25) is 15.9 Å². The number of likely N-dealkylation sites (tertiary alicyclic amines) is 1. The fourth-order valence-corrected chi connectivity index (χ4v) is 4.14. The minimum Gasteiger partial charge on any atom is -0.372 e. The van der Waals surface area contributed by atoms with Crippen LogP contribution in [0.4, 0.5) is 5.82 Å². The molecule has 1 aliphatic heterocycles. The highest BCUT2D eigenvalue weighted by Gasteiger charge is 2.28. The highest BCUT2D eigenvalue weighted by Crippen LogP contribution is 2.23. The van der Waals surface area contributed by atoms with Crippen molar-refractivity contribution in [2.45, 2.75) is 23.8 Å². The van der Waals surface area contributed by atoms with Crippen LogP contribution in [-0.2, 0) is 14.8 Å². The van der Waals surface area contributed by atoms with Gasteiger partial charge in [-0.3, -0.25) is 4.79 Å². The lowest BCUT2D eigenvalue weighted by atomic mass is 10.1. The predicted molar refractivity (Wildman–Crippen MR) is 82.5 cm³/mol. The fraction of sp³-hybridized carbons (Fsp3) is 0.500. The van der Waals surface area contributed by atoms with Gasteiger partial charge in [-0.1, -0.05) is 0 Å². The number of sulfonamides is 1. The summed E-state index contributed by atoms with van der Waals surface area (Å²) >= 11 is 3.23. The Morgan fingerprint density at radius 2 is 2.19 bits per heavy atom. The van der Waals surface area contributed by atoms with E-state index in [9.17, 15) is 13.2 Å². The van der Waals surface area contributed by atoms with Gasteiger partial charge in [-0.2, -0.15) is 0 Å². The Labute approximate surface area is 132 Å². The van der Waals surface area contributed by atoms with E-state index in [2.05, 4.69) is 31.0 Å². The summed E-state index contributed by atoms with van der Waals surface area (Å²) in [6, 6.07) is 1.21. The van der Waals surface area contributed by atoms with E-state index in [1.165, 1.54) is 17.2 Å². The molecule has 1 fully saturated rings. The predicted octanol–water partition coefficient (Wildman–Crippen LogP) is 0.785. The molecule has 0 aliphatic carbocycles. The van der Waals surface area contributed by atoms with Crippen LogP contribution in [0, 0.1) is 0 Å². The van der Waals surface area contributed by atoms with Gasteiger partial charge < -0.3 is 10.2 Å².